The van der Waals surface area contributed by atoms with Crippen LogP contribution in [0, 0.1) is 0 Å². The van der Waals surface area contributed by atoms with Gasteiger partial charge in [-0.05, 0) is 6.42 Å². The van der Waals surface area contributed by atoms with Gasteiger partial charge in [-0.1, -0.05) is 0 Å². The zero-order valence-corrected chi connectivity index (χ0v) is 21.2. The van der Waals surface area contributed by atoms with Gasteiger partial charge in [0.05, 0.1) is 49.3 Å². The van der Waals surface area contributed by atoms with Gasteiger partial charge in [-0.3, -0.25) is 19.2 Å². The van der Waals surface area contributed by atoms with Crippen LogP contribution < -0.4 is 25.7 Å². The lowest BCUT2D eigenvalue weighted by atomic mass is 9.95. The average molecular weight is 587 g/mol. The predicted molar refractivity (Wildman–Crippen MR) is 114 cm³/mol. The van der Waals surface area contributed by atoms with Crippen LogP contribution in [0.3, 0.4) is 0 Å². The molecule has 3 unspecified atom stereocenters. The molecule has 19 nitrogen and oxygen atoms in total. The third-order valence-corrected chi connectivity index (χ3v) is 6.61. The van der Waals surface area contributed by atoms with Crippen molar-refractivity contribution in [3.8, 4) is 0 Å². The van der Waals surface area contributed by atoms with Crippen molar-refractivity contribution >= 4 is 47.6 Å². The van der Waals surface area contributed by atoms with Gasteiger partial charge in [-0.2, -0.15) is 0 Å². The quantitative estimate of drug-likeness (QED) is 0.129. The number of hydrogen-bond acceptors (Lipinski definition) is 16. The van der Waals surface area contributed by atoms with E-state index >= 15 is 0 Å². The van der Waals surface area contributed by atoms with Crippen molar-refractivity contribution in [2.75, 3.05) is 19.7 Å². The van der Waals surface area contributed by atoms with Gasteiger partial charge in [0.1, 0.15) is 12.2 Å². The first kappa shape index (κ1) is 32.8. The minimum absolute atomic E-state index is 0.126. The summed E-state index contributed by atoms with van der Waals surface area (Å²) in [4.78, 5) is 94.1. The van der Waals surface area contributed by atoms with E-state index in [0.29, 0.717) is 4.90 Å². The second kappa shape index (κ2) is 12.4. The smallest absolute Gasteiger partial charge is 0.309 e. The normalized spacial score (nSPS) is 24.5. The van der Waals surface area contributed by atoms with Crippen LogP contribution in [0.1, 0.15) is 44.9 Å². The van der Waals surface area contributed by atoms with E-state index in [4.69, 9.17) is 0 Å². The molecule has 0 radical (unpaired) electrons. The fourth-order valence-electron chi connectivity index (χ4n) is 4.42. The lowest BCUT2D eigenvalue weighted by Gasteiger charge is -2.40. The molecule has 41 heavy (non-hydrogen) atoms. The summed E-state index contributed by atoms with van der Waals surface area (Å²) in [5.74, 6) is -13.0. The van der Waals surface area contributed by atoms with Crippen LogP contribution in [0.25, 0.3) is 0 Å². The number of carbonyl (C=O) groups is 8. The number of aliphatic carboxylic acids is 4. The highest BCUT2D eigenvalue weighted by molar-refractivity contribution is 5.92. The Balaban J connectivity index is 1.94. The van der Waals surface area contributed by atoms with Gasteiger partial charge in [0, 0.05) is 32.2 Å². The maximum Gasteiger partial charge on any atom is 0.309 e. The number of amides is 3. The van der Waals surface area contributed by atoms with E-state index < -0.39 is 129 Å². The van der Waals surface area contributed by atoms with Gasteiger partial charge in [0.15, 0.2) is 11.4 Å². The third kappa shape index (κ3) is 7.05. The monoisotopic (exact) mass is 587 g/mol. The number of carboxylic acid groups (broad SMARTS) is 4. The first-order valence-electron chi connectivity index (χ1n) is 12.0. The highest BCUT2D eigenvalue weighted by Gasteiger charge is 2.49. The van der Waals surface area contributed by atoms with Crippen LogP contribution in [-0.2, 0) is 43.1 Å². The van der Waals surface area contributed by atoms with E-state index in [-0.39, 0.29) is 11.3 Å². The molecule has 0 bridgehead atoms. The Bertz CT molecular complexity index is 1140. The topological polar surface area (TPSA) is 317 Å². The molecule has 2 saturated heterocycles. The van der Waals surface area contributed by atoms with E-state index in [0.717, 1.165) is 0 Å². The molecular formula is C22H25N3O16-4. The molecule has 0 aliphatic carbocycles. The summed E-state index contributed by atoms with van der Waals surface area (Å²) >= 11 is 0. The van der Waals surface area contributed by atoms with Gasteiger partial charge < -0.3 is 74.8 Å². The third-order valence-electron chi connectivity index (χ3n) is 6.61. The Morgan fingerprint density at radius 1 is 0.927 bits per heavy atom. The number of esters is 1. The summed E-state index contributed by atoms with van der Waals surface area (Å²) in [7, 11) is 0. The van der Waals surface area contributed by atoms with Crippen molar-refractivity contribution < 1.29 is 78.8 Å². The number of nitrogens with zero attached hydrogens (tertiary/aromatic N) is 2. The molecule has 3 amide bonds. The van der Waals surface area contributed by atoms with Crippen molar-refractivity contribution in [3.63, 3.8) is 0 Å². The minimum atomic E-state index is -3.16. The van der Waals surface area contributed by atoms with Gasteiger partial charge in [0.25, 0.3) is 0 Å². The van der Waals surface area contributed by atoms with E-state index in [9.17, 15) is 74.1 Å². The van der Waals surface area contributed by atoms with Crippen LogP contribution in [-0.4, -0.2) is 115 Å². The summed E-state index contributed by atoms with van der Waals surface area (Å²) < 4.78 is 4.67. The minimum Gasteiger partial charge on any atom is -0.548 e. The number of nitrogens with one attached hydrogen (secondary N) is 1. The summed E-state index contributed by atoms with van der Waals surface area (Å²) in [5.41, 5.74) is -8.76. The van der Waals surface area contributed by atoms with Crippen molar-refractivity contribution in [3.05, 3.63) is 0 Å². The number of carboxylic acids is 4. The zero-order valence-electron chi connectivity index (χ0n) is 21.2. The molecule has 2 aliphatic heterocycles. The van der Waals surface area contributed by atoms with Gasteiger partial charge in [-0.15, -0.1) is 0 Å². The Morgan fingerprint density at radius 3 is 2.02 bits per heavy atom. The van der Waals surface area contributed by atoms with E-state index in [2.05, 4.69) is 4.74 Å². The van der Waals surface area contributed by atoms with Gasteiger partial charge in [-0.25, -0.2) is 0 Å². The molecule has 2 aliphatic rings. The molecular weight excluding hydrogens is 562 g/mol. The maximum atomic E-state index is 12.2. The zero-order chi connectivity index (χ0) is 31.3. The molecule has 2 rings (SSSR count). The Kier molecular flexibility index (Phi) is 9.96. The summed E-state index contributed by atoms with van der Waals surface area (Å²) in [6.45, 7) is -2.04. The van der Waals surface area contributed by atoms with Gasteiger partial charge >= 0.3 is 5.97 Å². The standard InChI is InChI=1S/C22H29N3O16/c26-12(23-6-3-11(16(30)31)25-14(28)2-5-22(25,40)19(36)37)9-20(38,17(32)33)10-15(29)41-8-7-24-13(27)1-4-21(24,39)18(34)35/h11,38-40H,1-10H2,(H,23,26)(H,30,31)(H,32,33)(H,34,35)(H,36,37)/p-4/t11?,20-,21?,22?/m1/s1. The first-order chi connectivity index (χ1) is 18.9. The summed E-state index contributed by atoms with van der Waals surface area (Å²) in [6.07, 6.45) is -5.46. The SMILES string of the molecule is O=C(C[C@@](O)(CC(=O)OCCN1C(=O)CCC1(O)C(=O)[O-])C(=O)[O-])NCCC(C(=O)[O-])N1C(=O)CCC1(O)C(=O)[O-]. The fourth-order valence-corrected chi connectivity index (χ4v) is 4.42. The largest absolute Gasteiger partial charge is 0.548 e. The Hall–Kier alpha value is -4.36. The number of rotatable bonds is 15. The summed E-state index contributed by atoms with van der Waals surface area (Å²) in [6, 6.07) is -2.06. The molecule has 0 aromatic carbocycles. The van der Waals surface area contributed by atoms with Crippen LogP contribution in [0.4, 0.5) is 0 Å². The van der Waals surface area contributed by atoms with E-state index in [1.165, 1.54) is 0 Å². The van der Waals surface area contributed by atoms with Crippen LogP contribution >= 0.6 is 0 Å². The Labute approximate surface area is 229 Å². The lowest BCUT2D eigenvalue weighted by Crippen LogP contribution is -2.64. The number of hydrogen-bond donors (Lipinski definition) is 4. The molecule has 0 spiro atoms. The Morgan fingerprint density at radius 2 is 1.49 bits per heavy atom. The molecule has 4 atom stereocenters. The number of ether oxygens (including phenoxy) is 1. The molecule has 0 aromatic rings. The summed E-state index contributed by atoms with van der Waals surface area (Å²) in [5, 5.41) is 77.9. The van der Waals surface area contributed by atoms with Crippen molar-refractivity contribution in [2.24, 2.45) is 0 Å². The molecule has 2 heterocycles. The lowest BCUT2D eigenvalue weighted by molar-refractivity contribution is -0.339. The number of aliphatic hydroxyl groups is 3. The fraction of sp³-hybridized carbons (Fsp3) is 0.636. The van der Waals surface area contributed by atoms with E-state index in [1.807, 2.05) is 5.32 Å². The molecule has 4 N–H and O–H groups in total. The average Bonchev–Trinajstić information content (AvgIpc) is 3.33. The molecule has 2 fully saturated rings. The molecule has 228 valence electrons. The molecule has 0 aromatic heterocycles. The molecule has 0 saturated carbocycles. The number of likely N-dealkylation sites (tertiary alicyclic amines) is 2. The van der Waals surface area contributed by atoms with Crippen LogP contribution in [0.15, 0.2) is 0 Å². The highest BCUT2D eigenvalue weighted by atomic mass is 16.5. The van der Waals surface area contributed by atoms with Gasteiger partial charge in [0.2, 0.25) is 17.7 Å². The number of carbonyl (C=O) groups excluding carboxylic acids is 8. The van der Waals surface area contributed by atoms with Crippen molar-refractivity contribution in [2.45, 2.75) is 68.0 Å². The second-order valence-corrected chi connectivity index (χ2v) is 9.38. The maximum absolute atomic E-state index is 12.2. The first-order valence-corrected chi connectivity index (χ1v) is 12.0. The predicted octanol–water partition coefficient (Wildman–Crippen LogP) is -9.46. The molecule has 19 heteroatoms. The highest BCUT2D eigenvalue weighted by Crippen LogP contribution is 2.31. The van der Waals surface area contributed by atoms with Crippen LogP contribution in [0.2, 0.25) is 0 Å². The van der Waals surface area contributed by atoms with E-state index in [1.54, 1.807) is 0 Å². The second-order valence-electron chi connectivity index (χ2n) is 9.38. The van der Waals surface area contributed by atoms with Crippen molar-refractivity contribution in [1.82, 2.24) is 15.1 Å². The van der Waals surface area contributed by atoms with Crippen molar-refractivity contribution in [1.29, 1.82) is 0 Å². The van der Waals surface area contributed by atoms with Crippen LogP contribution in [0.5, 0.6) is 0 Å².